The summed E-state index contributed by atoms with van der Waals surface area (Å²) < 4.78 is 12.5. The van der Waals surface area contributed by atoms with Crippen LogP contribution in [0.15, 0.2) is 28.7 Å². The first-order chi connectivity index (χ1) is 4.83. The van der Waals surface area contributed by atoms with Crippen molar-refractivity contribution in [2.75, 3.05) is 0 Å². The van der Waals surface area contributed by atoms with Gasteiger partial charge in [-0.2, -0.15) is 5.54 Å². The Morgan fingerprint density at radius 1 is 1.50 bits per heavy atom. The Morgan fingerprint density at radius 3 is 2.90 bits per heavy atom. The SMILES string of the molecule is FNCc1cccc(Br)c1. The van der Waals surface area contributed by atoms with E-state index in [-0.39, 0.29) is 6.54 Å². The first kappa shape index (κ1) is 7.69. The predicted molar refractivity (Wildman–Crippen MR) is 42.1 cm³/mol. The van der Waals surface area contributed by atoms with Gasteiger partial charge in [-0.3, -0.25) is 0 Å². The second-order valence-corrected chi connectivity index (χ2v) is 2.86. The summed E-state index contributed by atoms with van der Waals surface area (Å²) in [6.45, 7) is 0.263. The van der Waals surface area contributed by atoms with E-state index >= 15 is 0 Å². The lowest BCUT2D eigenvalue weighted by Crippen LogP contribution is -1.98. The molecule has 0 saturated heterocycles. The highest BCUT2D eigenvalue weighted by atomic mass is 79.9. The average molecular weight is 204 g/mol. The van der Waals surface area contributed by atoms with E-state index in [0.717, 1.165) is 10.0 Å². The minimum absolute atomic E-state index is 0.263. The van der Waals surface area contributed by atoms with Crippen molar-refractivity contribution in [3.63, 3.8) is 0 Å². The van der Waals surface area contributed by atoms with Gasteiger partial charge in [-0.25, -0.2) is 0 Å². The summed E-state index contributed by atoms with van der Waals surface area (Å²) in [6.07, 6.45) is 0. The van der Waals surface area contributed by atoms with Gasteiger partial charge in [0.1, 0.15) is 0 Å². The van der Waals surface area contributed by atoms with Gasteiger partial charge in [0.15, 0.2) is 0 Å². The third-order valence-corrected chi connectivity index (χ3v) is 1.65. The number of hydrogen-bond acceptors (Lipinski definition) is 1. The number of hydrogen-bond donors (Lipinski definition) is 1. The molecule has 0 unspecified atom stereocenters. The highest BCUT2D eigenvalue weighted by Crippen LogP contribution is 2.10. The topological polar surface area (TPSA) is 12.0 Å². The summed E-state index contributed by atoms with van der Waals surface area (Å²) in [7, 11) is 0. The molecule has 1 nitrogen and oxygen atoms in total. The normalized spacial score (nSPS) is 9.80. The summed E-state index contributed by atoms with van der Waals surface area (Å²) in [6, 6.07) is 7.50. The molecule has 0 saturated carbocycles. The summed E-state index contributed by atoms with van der Waals surface area (Å²) >= 11 is 3.28. The Balaban J connectivity index is 2.75. The van der Waals surface area contributed by atoms with Gasteiger partial charge < -0.3 is 0 Å². The smallest absolute Gasteiger partial charge is 0.0510 e. The van der Waals surface area contributed by atoms with Crippen LogP contribution in [-0.4, -0.2) is 0 Å². The maximum Gasteiger partial charge on any atom is 0.0510 e. The molecule has 0 aliphatic rings. The van der Waals surface area contributed by atoms with Crippen LogP contribution in [0, 0.1) is 0 Å². The number of halogens is 2. The lowest BCUT2D eigenvalue weighted by Gasteiger charge is -1.96. The Labute approximate surface area is 67.3 Å². The number of benzene rings is 1. The van der Waals surface area contributed by atoms with Crippen LogP contribution in [0.25, 0.3) is 0 Å². The second-order valence-electron chi connectivity index (χ2n) is 1.94. The fourth-order valence-corrected chi connectivity index (χ4v) is 1.17. The van der Waals surface area contributed by atoms with E-state index in [1.807, 2.05) is 24.3 Å². The summed E-state index contributed by atoms with van der Waals surface area (Å²) in [5.74, 6) is 0. The average Bonchev–Trinajstić information content (AvgIpc) is 1.88. The fraction of sp³-hybridized carbons (Fsp3) is 0.143. The summed E-state index contributed by atoms with van der Waals surface area (Å²) in [4.78, 5) is 0. The Morgan fingerprint density at radius 2 is 2.30 bits per heavy atom. The summed E-state index contributed by atoms with van der Waals surface area (Å²) in [5, 5.41) is 0. The van der Waals surface area contributed by atoms with Crippen LogP contribution >= 0.6 is 15.9 Å². The van der Waals surface area contributed by atoms with Gasteiger partial charge in [0, 0.05) is 4.47 Å². The highest BCUT2D eigenvalue weighted by Gasteiger charge is 1.90. The Hall–Kier alpha value is -0.410. The van der Waals surface area contributed by atoms with Crippen LogP contribution in [0.2, 0.25) is 0 Å². The monoisotopic (exact) mass is 203 g/mol. The molecular formula is C7H7BrFN. The molecule has 1 N–H and O–H groups in total. The molecule has 1 aromatic rings. The minimum atomic E-state index is 0.263. The van der Waals surface area contributed by atoms with Gasteiger partial charge in [-0.05, 0) is 17.7 Å². The Kier molecular flexibility index (Phi) is 2.83. The van der Waals surface area contributed by atoms with Gasteiger partial charge >= 0.3 is 0 Å². The molecule has 0 bridgehead atoms. The first-order valence-electron chi connectivity index (χ1n) is 2.91. The van der Waals surface area contributed by atoms with Crippen LogP contribution in [0.5, 0.6) is 0 Å². The molecule has 10 heavy (non-hydrogen) atoms. The van der Waals surface area contributed by atoms with Gasteiger partial charge in [0.05, 0.1) is 6.54 Å². The van der Waals surface area contributed by atoms with Crippen molar-refractivity contribution in [2.45, 2.75) is 6.54 Å². The summed E-state index contributed by atoms with van der Waals surface area (Å²) in [5.41, 5.74) is 2.52. The third-order valence-electron chi connectivity index (χ3n) is 1.16. The van der Waals surface area contributed by atoms with Gasteiger partial charge in [-0.15, -0.1) is 4.48 Å². The molecule has 0 aliphatic heterocycles. The van der Waals surface area contributed by atoms with Crippen molar-refractivity contribution in [1.82, 2.24) is 5.54 Å². The van der Waals surface area contributed by atoms with Crippen molar-refractivity contribution >= 4 is 15.9 Å². The predicted octanol–water partition coefficient (Wildman–Crippen LogP) is 2.42. The molecule has 0 radical (unpaired) electrons. The lowest BCUT2D eigenvalue weighted by atomic mass is 10.2. The van der Waals surface area contributed by atoms with Crippen molar-refractivity contribution < 1.29 is 4.48 Å². The molecule has 0 aromatic heterocycles. The van der Waals surface area contributed by atoms with E-state index in [2.05, 4.69) is 15.9 Å². The van der Waals surface area contributed by atoms with E-state index < -0.39 is 0 Å². The van der Waals surface area contributed by atoms with Crippen molar-refractivity contribution in [3.8, 4) is 0 Å². The van der Waals surface area contributed by atoms with Crippen LogP contribution in [0.1, 0.15) is 5.56 Å². The van der Waals surface area contributed by atoms with Gasteiger partial charge in [-0.1, -0.05) is 28.1 Å². The number of nitrogens with one attached hydrogen (secondary N) is 1. The molecule has 1 aromatic carbocycles. The van der Waals surface area contributed by atoms with Gasteiger partial charge in [0.2, 0.25) is 0 Å². The molecule has 54 valence electrons. The Bertz CT molecular complexity index is 215. The quantitative estimate of drug-likeness (QED) is 0.729. The molecule has 0 atom stereocenters. The largest absolute Gasteiger partial charge is 0.155 e. The zero-order valence-electron chi connectivity index (χ0n) is 5.27. The highest BCUT2D eigenvalue weighted by molar-refractivity contribution is 9.10. The maximum atomic E-state index is 11.5. The standard InChI is InChI=1S/C7H7BrFN/c8-7-3-1-2-6(4-7)5-10-9/h1-4,10H,5H2. The van der Waals surface area contributed by atoms with Crippen molar-refractivity contribution in [3.05, 3.63) is 34.3 Å². The first-order valence-corrected chi connectivity index (χ1v) is 3.70. The second kappa shape index (κ2) is 3.68. The molecule has 0 heterocycles. The van der Waals surface area contributed by atoms with E-state index in [4.69, 9.17) is 0 Å². The zero-order valence-corrected chi connectivity index (χ0v) is 6.86. The van der Waals surface area contributed by atoms with Crippen LogP contribution < -0.4 is 5.54 Å². The third kappa shape index (κ3) is 2.08. The van der Waals surface area contributed by atoms with E-state index in [9.17, 15) is 4.48 Å². The van der Waals surface area contributed by atoms with Crippen molar-refractivity contribution in [1.29, 1.82) is 0 Å². The van der Waals surface area contributed by atoms with E-state index in [1.54, 1.807) is 5.54 Å². The lowest BCUT2D eigenvalue weighted by molar-refractivity contribution is 0.330. The van der Waals surface area contributed by atoms with Gasteiger partial charge in [0.25, 0.3) is 0 Å². The molecule has 1 rings (SSSR count). The van der Waals surface area contributed by atoms with Crippen molar-refractivity contribution in [2.24, 2.45) is 0 Å². The van der Waals surface area contributed by atoms with Crippen LogP contribution in [-0.2, 0) is 6.54 Å². The zero-order chi connectivity index (χ0) is 7.40. The molecule has 3 heteroatoms. The van der Waals surface area contributed by atoms with Crippen LogP contribution in [0.3, 0.4) is 0 Å². The molecule has 0 fully saturated rings. The van der Waals surface area contributed by atoms with Crippen LogP contribution in [0.4, 0.5) is 4.48 Å². The molecule has 0 amide bonds. The van der Waals surface area contributed by atoms with E-state index in [1.165, 1.54) is 0 Å². The molecule has 0 spiro atoms. The fourth-order valence-electron chi connectivity index (χ4n) is 0.724. The number of rotatable bonds is 2. The molecule has 0 aliphatic carbocycles. The van der Waals surface area contributed by atoms with E-state index in [0.29, 0.717) is 0 Å². The molecular weight excluding hydrogens is 197 g/mol. The minimum Gasteiger partial charge on any atom is -0.155 e. The maximum absolute atomic E-state index is 11.5.